The van der Waals surface area contributed by atoms with E-state index in [1.807, 2.05) is 19.9 Å². The van der Waals surface area contributed by atoms with Crippen LogP contribution in [-0.2, 0) is 21.2 Å². The molecule has 2 amide bonds. The molecule has 0 saturated heterocycles. The molecule has 12 heteroatoms. The van der Waals surface area contributed by atoms with E-state index in [2.05, 4.69) is 29.4 Å². The van der Waals surface area contributed by atoms with Crippen LogP contribution in [0.15, 0.2) is 36.4 Å². The van der Waals surface area contributed by atoms with Gasteiger partial charge in [-0.15, -0.1) is 0 Å². The molecule has 5 rings (SSSR count). The van der Waals surface area contributed by atoms with E-state index in [1.165, 1.54) is 16.1 Å². The number of amides is 2. The number of anilines is 1. The minimum Gasteiger partial charge on any atom is -0.446 e. The topological polar surface area (TPSA) is 136 Å². The molecule has 1 aliphatic carbocycles. The average molecular weight is 642 g/mol. The SMILES string of the molecule is CCN(CC)CCNC(=O)OC1CCC(Nc2cc(-c3c4n(c5cc(F)ccc35)S(=O)(=O)CC(C)(C)C4)ccc2C(N)=O)CC1. The summed E-state index contributed by atoms with van der Waals surface area (Å²) in [6.45, 7) is 11.1. The Morgan fingerprint density at radius 1 is 1.09 bits per heavy atom. The molecule has 1 aromatic heterocycles. The maximum Gasteiger partial charge on any atom is 0.407 e. The molecule has 1 aliphatic heterocycles. The number of fused-ring (bicyclic) bond motifs is 3. The number of carbonyl (C=O) groups excluding carboxylic acids is 2. The van der Waals surface area contributed by atoms with Crippen molar-refractivity contribution in [1.82, 2.24) is 14.2 Å². The Hall–Kier alpha value is -3.64. The first-order valence-corrected chi connectivity index (χ1v) is 17.4. The Morgan fingerprint density at radius 2 is 1.80 bits per heavy atom. The zero-order valence-corrected chi connectivity index (χ0v) is 27.3. The molecular formula is C33H44FN5O5S. The van der Waals surface area contributed by atoms with Gasteiger partial charge in [0.05, 0.1) is 16.8 Å². The summed E-state index contributed by atoms with van der Waals surface area (Å²) in [6, 6.07) is 9.47. The minimum atomic E-state index is -3.74. The molecule has 0 spiro atoms. The molecule has 1 saturated carbocycles. The number of hydrogen-bond donors (Lipinski definition) is 3. The van der Waals surface area contributed by atoms with Crippen LogP contribution in [0.1, 0.15) is 69.4 Å². The van der Waals surface area contributed by atoms with E-state index in [4.69, 9.17) is 10.5 Å². The van der Waals surface area contributed by atoms with Gasteiger partial charge in [0.2, 0.25) is 10.0 Å². The van der Waals surface area contributed by atoms with Crippen LogP contribution in [0.2, 0.25) is 0 Å². The molecule has 0 atom stereocenters. The number of aromatic nitrogens is 1. The van der Waals surface area contributed by atoms with Gasteiger partial charge in [0.1, 0.15) is 11.9 Å². The highest BCUT2D eigenvalue weighted by Gasteiger charge is 2.39. The van der Waals surface area contributed by atoms with Gasteiger partial charge in [-0.25, -0.2) is 21.6 Å². The number of likely N-dealkylation sites (N-methyl/N-ethyl adjacent to an activating group) is 1. The standard InChI is InChI=1S/C33H44FN5O5S/c1-5-38(6-2)16-15-36-32(41)44-24-11-9-23(10-12-24)37-27-17-21(7-13-25(27)31(35)40)30-26-14-8-22(34)18-28(26)39-29(30)19-33(3,4)20-45(39,42)43/h7-8,13-14,17-18,23-24,37H,5-6,9-12,15-16,19-20H2,1-4H3,(H2,35,40)(H,36,41). The Balaban J connectivity index is 1.36. The predicted octanol–water partition coefficient (Wildman–Crippen LogP) is 5.10. The van der Waals surface area contributed by atoms with E-state index in [0.717, 1.165) is 32.5 Å². The first kappa shape index (κ1) is 32.7. The summed E-state index contributed by atoms with van der Waals surface area (Å²) < 4.78 is 48.3. The van der Waals surface area contributed by atoms with Crippen molar-refractivity contribution in [3.8, 4) is 11.1 Å². The van der Waals surface area contributed by atoms with Crippen molar-refractivity contribution in [1.29, 1.82) is 0 Å². The largest absolute Gasteiger partial charge is 0.446 e. The monoisotopic (exact) mass is 641 g/mol. The molecule has 244 valence electrons. The Kier molecular flexibility index (Phi) is 9.46. The molecule has 4 N–H and O–H groups in total. The maximum absolute atomic E-state index is 14.4. The van der Waals surface area contributed by atoms with Crippen molar-refractivity contribution in [2.45, 2.75) is 71.9 Å². The van der Waals surface area contributed by atoms with E-state index < -0.39 is 33.3 Å². The number of nitrogens with two attached hydrogens (primary N) is 1. The number of nitrogens with one attached hydrogen (secondary N) is 2. The summed E-state index contributed by atoms with van der Waals surface area (Å²) in [5, 5.41) is 6.95. The second kappa shape index (κ2) is 13.0. The van der Waals surface area contributed by atoms with E-state index in [0.29, 0.717) is 64.8 Å². The molecule has 3 aromatic rings. The minimum absolute atomic E-state index is 0.0111. The lowest BCUT2D eigenvalue weighted by Gasteiger charge is -2.32. The van der Waals surface area contributed by atoms with Gasteiger partial charge in [0.15, 0.2) is 0 Å². The number of rotatable bonds is 10. The number of primary amides is 1. The Morgan fingerprint density at radius 3 is 2.47 bits per heavy atom. The summed E-state index contributed by atoms with van der Waals surface area (Å²) in [5.74, 6) is -1.15. The van der Waals surface area contributed by atoms with Crippen LogP contribution in [0, 0.1) is 11.2 Å². The second-order valence-corrected chi connectivity index (χ2v) is 14.8. The molecule has 0 unspecified atom stereocenters. The van der Waals surface area contributed by atoms with E-state index in [-0.39, 0.29) is 17.9 Å². The van der Waals surface area contributed by atoms with Crippen molar-refractivity contribution in [3.05, 3.63) is 53.5 Å². The van der Waals surface area contributed by atoms with Crippen LogP contribution in [0.4, 0.5) is 14.9 Å². The third-order valence-corrected chi connectivity index (χ3v) is 11.1. The molecule has 0 bridgehead atoms. The van der Waals surface area contributed by atoms with Crippen molar-refractivity contribution in [3.63, 3.8) is 0 Å². The Bertz CT molecular complexity index is 1690. The molecular weight excluding hydrogens is 597 g/mol. The summed E-state index contributed by atoms with van der Waals surface area (Å²) >= 11 is 0. The fourth-order valence-electron chi connectivity index (χ4n) is 6.78. The van der Waals surface area contributed by atoms with Gasteiger partial charge in [-0.05, 0) is 86.5 Å². The van der Waals surface area contributed by atoms with Crippen LogP contribution in [0.5, 0.6) is 0 Å². The molecule has 2 aromatic carbocycles. The number of benzene rings is 2. The van der Waals surface area contributed by atoms with Crippen LogP contribution >= 0.6 is 0 Å². The third kappa shape index (κ3) is 7.12. The van der Waals surface area contributed by atoms with E-state index in [9.17, 15) is 22.4 Å². The molecule has 2 heterocycles. The van der Waals surface area contributed by atoms with Crippen molar-refractivity contribution in [2.75, 3.05) is 37.2 Å². The van der Waals surface area contributed by atoms with Crippen LogP contribution in [0.3, 0.4) is 0 Å². The lowest BCUT2D eigenvalue weighted by Crippen LogP contribution is -2.38. The van der Waals surface area contributed by atoms with Gasteiger partial charge in [-0.3, -0.25) is 4.79 Å². The second-order valence-electron chi connectivity index (χ2n) is 12.9. The number of hydrogen-bond acceptors (Lipinski definition) is 7. The highest BCUT2D eigenvalue weighted by molar-refractivity contribution is 7.90. The van der Waals surface area contributed by atoms with Gasteiger partial charge < -0.3 is 26.0 Å². The summed E-state index contributed by atoms with van der Waals surface area (Å²) in [4.78, 5) is 27.0. The van der Waals surface area contributed by atoms with Gasteiger partial charge in [0.25, 0.3) is 5.91 Å². The maximum atomic E-state index is 14.4. The fraction of sp³-hybridized carbons (Fsp3) is 0.515. The normalized spacial score (nSPS) is 20.5. The smallest absolute Gasteiger partial charge is 0.407 e. The number of carbonyl (C=O) groups is 2. The van der Waals surface area contributed by atoms with Crippen molar-refractivity contribution < 1.29 is 27.1 Å². The average Bonchev–Trinajstić information content (AvgIpc) is 3.28. The van der Waals surface area contributed by atoms with Gasteiger partial charge in [0, 0.05) is 41.5 Å². The van der Waals surface area contributed by atoms with E-state index >= 15 is 0 Å². The van der Waals surface area contributed by atoms with Gasteiger partial charge >= 0.3 is 6.09 Å². The molecule has 10 nitrogen and oxygen atoms in total. The lowest BCUT2D eigenvalue weighted by molar-refractivity contribution is 0.0726. The first-order valence-electron chi connectivity index (χ1n) is 15.8. The van der Waals surface area contributed by atoms with Crippen LogP contribution in [0.25, 0.3) is 22.0 Å². The summed E-state index contributed by atoms with van der Waals surface area (Å²) in [5.41, 5.74) is 8.41. The quantitative estimate of drug-likeness (QED) is 0.280. The Labute approximate surface area is 264 Å². The van der Waals surface area contributed by atoms with E-state index in [1.54, 1.807) is 18.2 Å². The van der Waals surface area contributed by atoms with Gasteiger partial charge in [-0.2, -0.15) is 0 Å². The van der Waals surface area contributed by atoms with Crippen LogP contribution in [-0.4, -0.2) is 73.4 Å². The van der Waals surface area contributed by atoms with Gasteiger partial charge in [-0.1, -0.05) is 33.8 Å². The fourth-order valence-corrected chi connectivity index (χ4v) is 8.94. The predicted molar refractivity (Wildman–Crippen MR) is 174 cm³/mol. The van der Waals surface area contributed by atoms with Crippen molar-refractivity contribution in [2.24, 2.45) is 11.1 Å². The highest BCUT2D eigenvalue weighted by atomic mass is 32.2. The molecule has 0 radical (unpaired) electrons. The molecule has 2 aliphatic rings. The summed E-state index contributed by atoms with van der Waals surface area (Å²) in [7, 11) is -3.74. The third-order valence-electron chi connectivity index (χ3n) is 8.95. The number of halogens is 1. The number of nitrogens with zero attached hydrogens (tertiary/aromatic N) is 2. The number of alkyl carbamates (subject to hydrolysis) is 1. The van der Waals surface area contributed by atoms with Crippen LogP contribution < -0.4 is 16.4 Å². The number of ether oxygens (including phenoxy) is 1. The lowest BCUT2D eigenvalue weighted by atomic mass is 9.87. The zero-order valence-electron chi connectivity index (χ0n) is 26.5. The molecule has 1 fully saturated rings. The summed E-state index contributed by atoms with van der Waals surface area (Å²) in [6.07, 6.45) is 2.65. The van der Waals surface area contributed by atoms with Crippen molar-refractivity contribution >= 4 is 38.6 Å². The zero-order chi connectivity index (χ0) is 32.5. The molecule has 45 heavy (non-hydrogen) atoms. The highest BCUT2D eigenvalue weighted by Crippen LogP contribution is 2.44. The first-order chi connectivity index (χ1) is 21.3.